The lowest BCUT2D eigenvalue weighted by atomic mass is 9.99. The number of ether oxygens (including phenoxy) is 2. The minimum atomic E-state index is -0.450. The monoisotopic (exact) mass is 279 g/mol. The van der Waals surface area contributed by atoms with Crippen LogP contribution in [-0.4, -0.2) is 32.1 Å². The number of hydrogen-bond donors (Lipinski definition) is 1. The third-order valence-corrected chi connectivity index (χ3v) is 2.69. The van der Waals surface area contributed by atoms with Gasteiger partial charge in [-0.2, -0.15) is 0 Å². The second-order valence-corrected chi connectivity index (χ2v) is 4.13. The molecule has 0 unspecified atom stereocenters. The third kappa shape index (κ3) is 4.38. The van der Waals surface area contributed by atoms with Crippen molar-refractivity contribution in [3.63, 3.8) is 0 Å². The molecule has 0 spiro atoms. The lowest BCUT2D eigenvalue weighted by Crippen LogP contribution is -2.15. The zero-order valence-corrected chi connectivity index (χ0v) is 11.7. The molecule has 0 saturated carbocycles. The molecule has 0 radical (unpaired) electrons. The van der Waals surface area contributed by atoms with Crippen molar-refractivity contribution in [2.45, 2.75) is 19.8 Å². The molecular formula is C14H17NO5. The second kappa shape index (κ2) is 7.28. The van der Waals surface area contributed by atoms with E-state index in [4.69, 9.17) is 0 Å². The van der Waals surface area contributed by atoms with Gasteiger partial charge in [-0.15, -0.1) is 0 Å². The van der Waals surface area contributed by atoms with Crippen molar-refractivity contribution in [2.24, 2.45) is 0 Å². The van der Waals surface area contributed by atoms with E-state index in [0.717, 1.165) is 0 Å². The van der Waals surface area contributed by atoms with Gasteiger partial charge in [0.25, 0.3) is 0 Å². The Hall–Kier alpha value is -2.37. The summed E-state index contributed by atoms with van der Waals surface area (Å²) in [5, 5.41) is 2.64. The molecule has 0 bridgehead atoms. The molecule has 20 heavy (non-hydrogen) atoms. The van der Waals surface area contributed by atoms with Gasteiger partial charge in [0.15, 0.2) is 0 Å². The first-order chi connectivity index (χ1) is 9.47. The van der Waals surface area contributed by atoms with E-state index in [-0.39, 0.29) is 18.7 Å². The zero-order valence-electron chi connectivity index (χ0n) is 11.7. The first-order valence-electron chi connectivity index (χ1n) is 6.00. The Morgan fingerprint density at radius 3 is 2.20 bits per heavy atom. The molecule has 0 fully saturated rings. The summed E-state index contributed by atoms with van der Waals surface area (Å²) < 4.78 is 9.25. The van der Waals surface area contributed by atoms with Crippen LogP contribution in [0.25, 0.3) is 0 Å². The number of hydrogen-bond acceptors (Lipinski definition) is 5. The summed E-state index contributed by atoms with van der Waals surface area (Å²) in [5.74, 6) is -1.13. The van der Waals surface area contributed by atoms with Crippen molar-refractivity contribution < 1.29 is 23.9 Å². The van der Waals surface area contributed by atoms with Gasteiger partial charge in [-0.3, -0.25) is 14.4 Å². The third-order valence-electron chi connectivity index (χ3n) is 2.69. The van der Waals surface area contributed by atoms with Gasteiger partial charge in [0.05, 0.1) is 27.1 Å². The van der Waals surface area contributed by atoms with Crippen LogP contribution in [0.2, 0.25) is 0 Å². The number of rotatable bonds is 5. The number of methoxy groups -OCH3 is 2. The number of carbonyl (C=O) groups excluding carboxylic acids is 3. The van der Waals surface area contributed by atoms with Gasteiger partial charge in [0.2, 0.25) is 5.91 Å². The molecule has 1 aromatic rings. The fourth-order valence-electron chi connectivity index (χ4n) is 1.76. The molecule has 1 rings (SSSR count). The Balaban J connectivity index is 3.16. The van der Waals surface area contributed by atoms with Gasteiger partial charge in [-0.05, 0) is 17.2 Å². The van der Waals surface area contributed by atoms with Crippen LogP contribution >= 0.6 is 0 Å². The molecule has 0 saturated heterocycles. The highest BCUT2D eigenvalue weighted by molar-refractivity contribution is 5.91. The smallest absolute Gasteiger partial charge is 0.310 e. The summed E-state index contributed by atoms with van der Waals surface area (Å²) in [6, 6.07) is 5.07. The molecule has 0 aromatic heterocycles. The van der Waals surface area contributed by atoms with Gasteiger partial charge in [-0.1, -0.05) is 12.1 Å². The fraction of sp³-hybridized carbons (Fsp3) is 0.357. The van der Waals surface area contributed by atoms with Crippen LogP contribution in [0.4, 0.5) is 5.69 Å². The van der Waals surface area contributed by atoms with Crippen LogP contribution in [-0.2, 0) is 36.7 Å². The van der Waals surface area contributed by atoms with Crippen molar-refractivity contribution in [3.8, 4) is 0 Å². The van der Waals surface area contributed by atoms with Crippen LogP contribution in [0.15, 0.2) is 18.2 Å². The van der Waals surface area contributed by atoms with Crippen molar-refractivity contribution in [1.82, 2.24) is 0 Å². The highest BCUT2D eigenvalue weighted by Crippen LogP contribution is 2.22. The lowest BCUT2D eigenvalue weighted by Gasteiger charge is -2.13. The van der Waals surface area contributed by atoms with E-state index in [2.05, 4.69) is 14.8 Å². The number of esters is 2. The van der Waals surface area contributed by atoms with Gasteiger partial charge >= 0.3 is 11.9 Å². The van der Waals surface area contributed by atoms with Crippen LogP contribution in [0, 0.1) is 0 Å². The lowest BCUT2D eigenvalue weighted by molar-refractivity contribution is -0.141. The van der Waals surface area contributed by atoms with Crippen molar-refractivity contribution in [1.29, 1.82) is 0 Å². The SMILES string of the molecule is COC(=O)Cc1cccc(NC(C)=O)c1CC(=O)OC. The Kier molecular flexibility index (Phi) is 5.71. The Morgan fingerprint density at radius 2 is 1.65 bits per heavy atom. The first kappa shape index (κ1) is 15.7. The molecule has 0 aliphatic heterocycles. The predicted octanol–water partition coefficient (Wildman–Crippen LogP) is 1.08. The van der Waals surface area contributed by atoms with Gasteiger partial charge < -0.3 is 14.8 Å². The van der Waals surface area contributed by atoms with E-state index in [0.29, 0.717) is 16.8 Å². The molecular weight excluding hydrogens is 262 g/mol. The minimum absolute atomic E-state index is 0.0241. The highest BCUT2D eigenvalue weighted by Gasteiger charge is 2.16. The predicted molar refractivity (Wildman–Crippen MR) is 72.2 cm³/mol. The molecule has 1 aromatic carbocycles. The Labute approximate surface area is 117 Å². The number of carbonyl (C=O) groups is 3. The summed E-state index contributed by atoms with van der Waals surface area (Å²) in [7, 11) is 2.57. The second-order valence-electron chi connectivity index (χ2n) is 4.13. The summed E-state index contributed by atoms with van der Waals surface area (Å²) in [6.07, 6.45) is -0.00443. The summed E-state index contributed by atoms with van der Waals surface area (Å²) in [5.41, 5.74) is 1.66. The molecule has 6 heteroatoms. The van der Waals surface area contributed by atoms with Crippen LogP contribution < -0.4 is 5.32 Å². The van der Waals surface area contributed by atoms with Crippen molar-refractivity contribution >= 4 is 23.5 Å². The summed E-state index contributed by atoms with van der Waals surface area (Å²) >= 11 is 0. The molecule has 0 aliphatic carbocycles. The average molecular weight is 279 g/mol. The largest absolute Gasteiger partial charge is 0.469 e. The van der Waals surface area contributed by atoms with Crippen LogP contribution in [0.5, 0.6) is 0 Å². The van der Waals surface area contributed by atoms with Crippen LogP contribution in [0.1, 0.15) is 18.1 Å². The van der Waals surface area contributed by atoms with E-state index in [1.807, 2.05) is 0 Å². The number of anilines is 1. The molecule has 6 nitrogen and oxygen atoms in total. The van der Waals surface area contributed by atoms with Crippen molar-refractivity contribution in [3.05, 3.63) is 29.3 Å². The molecule has 0 atom stereocenters. The molecule has 1 amide bonds. The molecule has 0 aliphatic rings. The summed E-state index contributed by atoms with van der Waals surface area (Å²) in [4.78, 5) is 34.1. The van der Waals surface area contributed by atoms with Gasteiger partial charge in [0, 0.05) is 12.6 Å². The highest BCUT2D eigenvalue weighted by atomic mass is 16.5. The first-order valence-corrected chi connectivity index (χ1v) is 6.00. The van der Waals surface area contributed by atoms with E-state index < -0.39 is 11.9 Å². The number of benzene rings is 1. The average Bonchev–Trinajstić information content (AvgIpc) is 2.41. The normalized spacial score (nSPS) is 9.75. The van der Waals surface area contributed by atoms with E-state index in [1.54, 1.807) is 18.2 Å². The fourth-order valence-corrected chi connectivity index (χ4v) is 1.76. The Bertz CT molecular complexity index is 524. The molecule has 108 valence electrons. The van der Waals surface area contributed by atoms with Gasteiger partial charge in [-0.25, -0.2) is 0 Å². The summed E-state index contributed by atoms with van der Waals surface area (Å²) in [6.45, 7) is 1.37. The maximum atomic E-state index is 11.5. The van der Waals surface area contributed by atoms with Gasteiger partial charge in [0.1, 0.15) is 0 Å². The Morgan fingerprint density at radius 1 is 1.05 bits per heavy atom. The van der Waals surface area contributed by atoms with E-state index >= 15 is 0 Å². The zero-order chi connectivity index (χ0) is 15.1. The quantitative estimate of drug-likeness (QED) is 0.815. The van der Waals surface area contributed by atoms with Crippen LogP contribution in [0.3, 0.4) is 0 Å². The molecule has 1 N–H and O–H groups in total. The topological polar surface area (TPSA) is 81.7 Å². The maximum Gasteiger partial charge on any atom is 0.310 e. The van der Waals surface area contributed by atoms with E-state index in [9.17, 15) is 14.4 Å². The molecule has 0 heterocycles. The maximum absolute atomic E-state index is 11.5. The number of nitrogens with one attached hydrogen (secondary N) is 1. The standard InChI is InChI=1S/C14H17NO5/c1-9(16)15-12-6-4-5-10(7-13(17)19-2)11(12)8-14(18)20-3/h4-6H,7-8H2,1-3H3,(H,15,16). The van der Waals surface area contributed by atoms with E-state index in [1.165, 1.54) is 21.1 Å². The minimum Gasteiger partial charge on any atom is -0.469 e. The van der Waals surface area contributed by atoms with Crippen molar-refractivity contribution in [2.75, 3.05) is 19.5 Å². The number of amides is 1.